The molecule has 2 aromatic rings. The molecule has 0 radical (unpaired) electrons. The quantitative estimate of drug-likeness (QED) is 0.482. The van der Waals surface area contributed by atoms with Crippen molar-refractivity contribution in [3.05, 3.63) is 62.7 Å². The molecule has 3 nitrogen and oxygen atoms in total. The van der Waals surface area contributed by atoms with E-state index in [4.69, 9.17) is 16.3 Å². The number of benzene rings is 1. The van der Waals surface area contributed by atoms with Gasteiger partial charge in [0.25, 0.3) is 5.56 Å². The highest BCUT2D eigenvalue weighted by atomic mass is 35.5. The lowest BCUT2D eigenvalue weighted by atomic mass is 10.1. The summed E-state index contributed by atoms with van der Waals surface area (Å²) in [5, 5.41) is 1.94. The standard InChI is InChI=1S/C21H26ClNO2/c1-6-16-12-15-10-9-11-18(22)20(15)21(24)23(16)17(7-2)13-19(14(4)5)25-8-3/h9-13H,6-8H2,1-5H3/b17-13+. The van der Waals surface area contributed by atoms with E-state index in [1.54, 1.807) is 10.6 Å². The van der Waals surface area contributed by atoms with E-state index in [9.17, 15) is 4.79 Å². The molecular weight excluding hydrogens is 334 g/mol. The number of aromatic nitrogens is 1. The highest BCUT2D eigenvalue weighted by Crippen LogP contribution is 2.24. The van der Waals surface area contributed by atoms with Crippen molar-refractivity contribution >= 4 is 28.1 Å². The number of pyridine rings is 1. The maximum Gasteiger partial charge on any atom is 0.264 e. The molecule has 0 bridgehead atoms. The van der Waals surface area contributed by atoms with E-state index in [0.29, 0.717) is 23.4 Å². The molecule has 1 heterocycles. The zero-order valence-corrected chi connectivity index (χ0v) is 16.4. The minimum atomic E-state index is -0.0716. The number of halogens is 1. The van der Waals surface area contributed by atoms with Gasteiger partial charge >= 0.3 is 0 Å². The largest absolute Gasteiger partial charge is 0.494 e. The molecule has 0 amide bonds. The van der Waals surface area contributed by atoms with Gasteiger partial charge < -0.3 is 4.74 Å². The molecule has 0 unspecified atom stereocenters. The molecule has 0 saturated carbocycles. The molecule has 4 heteroatoms. The first-order valence-electron chi connectivity index (χ1n) is 8.78. The summed E-state index contributed by atoms with van der Waals surface area (Å²) < 4.78 is 7.53. The number of fused-ring (bicyclic) bond motifs is 1. The second-order valence-electron chi connectivity index (χ2n) is 6.12. The molecule has 0 spiro atoms. The molecule has 2 rings (SSSR count). The molecular formula is C21H26ClNO2. The summed E-state index contributed by atoms with van der Waals surface area (Å²) >= 11 is 6.32. The minimum Gasteiger partial charge on any atom is -0.494 e. The van der Waals surface area contributed by atoms with Gasteiger partial charge in [0, 0.05) is 11.4 Å². The van der Waals surface area contributed by atoms with Crippen molar-refractivity contribution in [2.24, 2.45) is 0 Å². The van der Waals surface area contributed by atoms with Crippen LogP contribution in [0.2, 0.25) is 5.02 Å². The van der Waals surface area contributed by atoms with Crippen molar-refractivity contribution in [3.63, 3.8) is 0 Å². The maximum absolute atomic E-state index is 13.2. The Morgan fingerprint density at radius 3 is 2.52 bits per heavy atom. The molecule has 0 atom stereocenters. The van der Waals surface area contributed by atoms with Gasteiger partial charge in [-0.2, -0.15) is 0 Å². The van der Waals surface area contributed by atoms with E-state index in [0.717, 1.165) is 34.5 Å². The Morgan fingerprint density at radius 1 is 1.24 bits per heavy atom. The van der Waals surface area contributed by atoms with Crippen LogP contribution in [0.3, 0.4) is 0 Å². The molecule has 0 aliphatic carbocycles. The number of aryl methyl sites for hydroxylation is 1. The smallest absolute Gasteiger partial charge is 0.264 e. The lowest BCUT2D eigenvalue weighted by molar-refractivity contribution is 0.239. The third-order valence-electron chi connectivity index (χ3n) is 4.17. The van der Waals surface area contributed by atoms with Crippen LogP contribution in [0, 0.1) is 0 Å². The van der Waals surface area contributed by atoms with Crippen LogP contribution in [0.5, 0.6) is 0 Å². The molecule has 0 aliphatic rings. The van der Waals surface area contributed by atoms with Crippen LogP contribution in [0.1, 0.15) is 46.7 Å². The van der Waals surface area contributed by atoms with Gasteiger partial charge in [0.05, 0.1) is 17.0 Å². The highest BCUT2D eigenvalue weighted by molar-refractivity contribution is 6.35. The van der Waals surface area contributed by atoms with Crippen LogP contribution >= 0.6 is 11.6 Å². The number of ether oxygens (including phenoxy) is 1. The summed E-state index contributed by atoms with van der Waals surface area (Å²) in [7, 11) is 0. The first kappa shape index (κ1) is 19.3. The molecule has 0 N–H and O–H groups in total. The molecule has 0 aliphatic heterocycles. The van der Waals surface area contributed by atoms with E-state index in [1.807, 2.05) is 45.9 Å². The summed E-state index contributed by atoms with van der Waals surface area (Å²) in [4.78, 5) is 13.2. The number of hydrogen-bond donors (Lipinski definition) is 0. The van der Waals surface area contributed by atoms with Gasteiger partial charge in [0.1, 0.15) is 5.76 Å². The third-order valence-corrected chi connectivity index (χ3v) is 4.49. The van der Waals surface area contributed by atoms with E-state index in [-0.39, 0.29) is 5.56 Å². The molecule has 1 aromatic heterocycles. The lowest BCUT2D eigenvalue weighted by Crippen LogP contribution is -2.23. The SMILES string of the molecule is CCOC(/C=C(\CC)n1c(CC)cc2cccc(Cl)c2c1=O)=C(C)C. The van der Waals surface area contributed by atoms with Crippen LogP contribution in [0.4, 0.5) is 0 Å². The van der Waals surface area contributed by atoms with Gasteiger partial charge in [-0.25, -0.2) is 0 Å². The van der Waals surface area contributed by atoms with Gasteiger partial charge in [-0.3, -0.25) is 9.36 Å². The topological polar surface area (TPSA) is 31.2 Å². The average Bonchev–Trinajstić information content (AvgIpc) is 2.58. The van der Waals surface area contributed by atoms with E-state index < -0.39 is 0 Å². The number of nitrogens with zero attached hydrogens (tertiary/aromatic N) is 1. The monoisotopic (exact) mass is 359 g/mol. The summed E-state index contributed by atoms with van der Waals surface area (Å²) in [6.45, 7) is 10.7. The van der Waals surface area contributed by atoms with Crippen LogP contribution in [-0.2, 0) is 11.2 Å². The first-order chi connectivity index (χ1) is 11.9. The maximum atomic E-state index is 13.2. The lowest BCUT2D eigenvalue weighted by Gasteiger charge is -2.17. The van der Waals surface area contributed by atoms with Crippen LogP contribution < -0.4 is 5.56 Å². The predicted octanol–water partition coefficient (Wildman–Crippen LogP) is 5.80. The van der Waals surface area contributed by atoms with Gasteiger partial charge in [-0.05, 0) is 62.8 Å². The fraction of sp³-hybridized carbons (Fsp3) is 0.381. The van der Waals surface area contributed by atoms with Crippen molar-refractivity contribution in [1.82, 2.24) is 4.57 Å². The molecule has 0 saturated heterocycles. The zero-order chi connectivity index (χ0) is 18.6. The Kier molecular flexibility index (Phi) is 6.49. The third kappa shape index (κ3) is 3.98. The summed E-state index contributed by atoms with van der Waals surface area (Å²) in [5.41, 5.74) is 2.89. The Bertz CT molecular complexity index is 887. The van der Waals surface area contributed by atoms with Gasteiger partial charge in [-0.1, -0.05) is 37.6 Å². The van der Waals surface area contributed by atoms with Crippen LogP contribution in [0.25, 0.3) is 16.5 Å². The van der Waals surface area contributed by atoms with Gasteiger partial charge in [0.2, 0.25) is 0 Å². The Morgan fingerprint density at radius 2 is 1.96 bits per heavy atom. The number of hydrogen-bond acceptors (Lipinski definition) is 2. The second kappa shape index (κ2) is 8.39. The Labute approximate surface area is 154 Å². The van der Waals surface area contributed by atoms with E-state index in [2.05, 4.69) is 13.0 Å². The fourth-order valence-electron chi connectivity index (χ4n) is 2.91. The average molecular weight is 360 g/mol. The Hall–Kier alpha value is -2.00. The minimum absolute atomic E-state index is 0.0716. The van der Waals surface area contributed by atoms with Crippen LogP contribution in [0.15, 0.2) is 46.5 Å². The van der Waals surface area contributed by atoms with Gasteiger partial charge in [0.15, 0.2) is 0 Å². The van der Waals surface area contributed by atoms with Gasteiger partial charge in [-0.15, -0.1) is 0 Å². The molecule has 1 aromatic carbocycles. The first-order valence-corrected chi connectivity index (χ1v) is 9.16. The zero-order valence-electron chi connectivity index (χ0n) is 15.6. The van der Waals surface area contributed by atoms with Crippen molar-refractivity contribution in [2.75, 3.05) is 6.61 Å². The highest BCUT2D eigenvalue weighted by Gasteiger charge is 2.14. The number of rotatable bonds is 6. The number of allylic oxidation sites excluding steroid dienone is 3. The van der Waals surface area contributed by atoms with Crippen molar-refractivity contribution < 1.29 is 4.74 Å². The van der Waals surface area contributed by atoms with Crippen molar-refractivity contribution in [3.8, 4) is 0 Å². The predicted molar refractivity (Wildman–Crippen MR) is 107 cm³/mol. The summed E-state index contributed by atoms with van der Waals surface area (Å²) in [5.74, 6) is 0.813. The molecule has 25 heavy (non-hydrogen) atoms. The van der Waals surface area contributed by atoms with Crippen molar-refractivity contribution in [1.29, 1.82) is 0 Å². The molecule has 134 valence electrons. The Balaban J connectivity index is 2.81. The fourth-order valence-corrected chi connectivity index (χ4v) is 3.17. The van der Waals surface area contributed by atoms with E-state index >= 15 is 0 Å². The summed E-state index contributed by atoms with van der Waals surface area (Å²) in [6.07, 6.45) is 3.45. The summed E-state index contributed by atoms with van der Waals surface area (Å²) in [6, 6.07) is 7.62. The van der Waals surface area contributed by atoms with Crippen molar-refractivity contribution in [2.45, 2.75) is 47.5 Å². The van der Waals surface area contributed by atoms with Crippen LogP contribution in [-0.4, -0.2) is 11.2 Å². The van der Waals surface area contributed by atoms with E-state index in [1.165, 1.54) is 0 Å². The molecule has 0 fully saturated rings. The second-order valence-corrected chi connectivity index (χ2v) is 6.53. The normalized spacial score (nSPS) is 11.7.